The number of alkyl halides is 3. The van der Waals surface area contributed by atoms with Crippen LogP contribution in [0.4, 0.5) is 24.0 Å². The lowest BCUT2D eigenvalue weighted by molar-refractivity contribution is -0.133. The number of carbonyl (C=O) groups excluding carboxylic acids is 2. The van der Waals surface area contributed by atoms with Gasteiger partial charge >= 0.3 is 6.18 Å². The van der Waals surface area contributed by atoms with Crippen LogP contribution in [0.25, 0.3) is 0 Å². The number of aryl methyl sites for hydroxylation is 1. The van der Waals surface area contributed by atoms with Crippen molar-refractivity contribution in [3.8, 4) is 11.8 Å². The fourth-order valence-electron chi connectivity index (χ4n) is 3.89. The molecule has 12 heteroatoms. The SMILES string of the molecule is N#Cc1ccc(NC(=O)COc2cccc(C(=O)Nc3nc4c(s3)C[C@@H](NCCC(F)(F)F)CC4)c2)cc1. The van der Waals surface area contributed by atoms with Crippen molar-refractivity contribution in [1.29, 1.82) is 5.26 Å². The number of benzene rings is 2. The van der Waals surface area contributed by atoms with Gasteiger partial charge in [-0.15, -0.1) is 11.3 Å². The molecule has 0 fully saturated rings. The van der Waals surface area contributed by atoms with Crippen LogP contribution in [0, 0.1) is 11.3 Å². The number of thiazole rings is 1. The number of aromatic nitrogens is 1. The van der Waals surface area contributed by atoms with Crippen LogP contribution >= 0.6 is 11.3 Å². The minimum Gasteiger partial charge on any atom is -0.484 e. The molecule has 8 nitrogen and oxygen atoms in total. The fourth-order valence-corrected chi connectivity index (χ4v) is 4.97. The maximum atomic E-state index is 12.8. The van der Waals surface area contributed by atoms with Crippen molar-refractivity contribution in [2.45, 2.75) is 37.9 Å². The van der Waals surface area contributed by atoms with Gasteiger partial charge in [-0.1, -0.05) is 6.07 Å². The molecule has 1 aromatic heterocycles. The number of nitrogens with zero attached hydrogens (tertiary/aromatic N) is 2. The highest BCUT2D eigenvalue weighted by atomic mass is 32.1. The molecule has 0 saturated carbocycles. The summed E-state index contributed by atoms with van der Waals surface area (Å²) in [6.45, 7) is -0.399. The minimum atomic E-state index is -4.18. The number of hydrogen-bond acceptors (Lipinski definition) is 7. The molecule has 1 heterocycles. The first-order valence-electron chi connectivity index (χ1n) is 11.8. The lowest BCUT2D eigenvalue weighted by Crippen LogP contribution is -2.36. The number of hydrogen-bond donors (Lipinski definition) is 3. The molecule has 0 unspecified atom stereocenters. The highest BCUT2D eigenvalue weighted by molar-refractivity contribution is 7.15. The van der Waals surface area contributed by atoms with Crippen molar-refractivity contribution in [3.63, 3.8) is 0 Å². The van der Waals surface area contributed by atoms with Crippen LogP contribution in [0.2, 0.25) is 0 Å². The van der Waals surface area contributed by atoms with E-state index < -0.39 is 24.4 Å². The van der Waals surface area contributed by atoms with E-state index in [9.17, 15) is 22.8 Å². The zero-order chi connectivity index (χ0) is 27.1. The molecule has 1 aliphatic carbocycles. The van der Waals surface area contributed by atoms with Crippen LogP contribution in [-0.4, -0.2) is 42.2 Å². The number of anilines is 2. The van der Waals surface area contributed by atoms with Gasteiger partial charge < -0.3 is 15.4 Å². The zero-order valence-corrected chi connectivity index (χ0v) is 20.9. The number of halogens is 3. The number of fused-ring (bicyclic) bond motifs is 1. The van der Waals surface area contributed by atoms with Gasteiger partial charge in [-0.25, -0.2) is 4.98 Å². The smallest absolute Gasteiger partial charge is 0.390 e. The van der Waals surface area contributed by atoms with E-state index in [4.69, 9.17) is 10.00 Å². The largest absolute Gasteiger partial charge is 0.484 e. The molecule has 0 spiro atoms. The molecule has 4 rings (SSSR count). The van der Waals surface area contributed by atoms with Crippen molar-refractivity contribution >= 4 is 34.0 Å². The van der Waals surface area contributed by atoms with E-state index in [0.717, 1.165) is 10.6 Å². The molecular weight excluding hydrogens is 519 g/mol. The highest BCUT2D eigenvalue weighted by Crippen LogP contribution is 2.30. The Kier molecular flexibility index (Phi) is 8.60. The Morgan fingerprint density at radius 3 is 2.68 bits per heavy atom. The minimum absolute atomic E-state index is 0.0585. The van der Waals surface area contributed by atoms with E-state index in [0.29, 0.717) is 47.0 Å². The summed E-state index contributed by atoms with van der Waals surface area (Å²) in [6.07, 6.45) is -3.19. The van der Waals surface area contributed by atoms with Crippen LogP contribution in [0.1, 0.15) is 39.3 Å². The Morgan fingerprint density at radius 2 is 1.95 bits per heavy atom. The molecule has 3 aromatic rings. The summed E-state index contributed by atoms with van der Waals surface area (Å²) in [5, 5.41) is 17.6. The molecular formula is C26H24F3N5O3S. The van der Waals surface area contributed by atoms with E-state index in [1.54, 1.807) is 42.5 Å². The van der Waals surface area contributed by atoms with Crippen molar-refractivity contribution in [3.05, 3.63) is 70.2 Å². The number of rotatable bonds is 9. The molecule has 1 aliphatic rings. The molecule has 1 atom stereocenters. The Morgan fingerprint density at radius 1 is 1.16 bits per heavy atom. The predicted molar refractivity (Wildman–Crippen MR) is 136 cm³/mol. The summed E-state index contributed by atoms with van der Waals surface area (Å²) in [5.41, 5.74) is 2.17. The molecule has 2 aromatic carbocycles. The summed E-state index contributed by atoms with van der Waals surface area (Å²) in [6, 6.07) is 14.7. The molecule has 3 N–H and O–H groups in total. The Balaban J connectivity index is 1.28. The second-order valence-electron chi connectivity index (χ2n) is 8.66. The maximum Gasteiger partial charge on any atom is 0.390 e. The summed E-state index contributed by atoms with van der Waals surface area (Å²) >= 11 is 1.32. The second-order valence-corrected chi connectivity index (χ2v) is 9.74. The topological polar surface area (TPSA) is 116 Å². The number of amides is 2. The average Bonchev–Trinajstić information content (AvgIpc) is 3.29. The maximum absolute atomic E-state index is 12.8. The Bertz CT molecular complexity index is 1340. The van der Waals surface area contributed by atoms with Crippen LogP contribution < -0.4 is 20.7 Å². The van der Waals surface area contributed by atoms with Gasteiger partial charge in [0.25, 0.3) is 11.8 Å². The van der Waals surface area contributed by atoms with Gasteiger partial charge in [0.05, 0.1) is 23.7 Å². The summed E-state index contributed by atoms with van der Waals surface area (Å²) in [5.74, 6) is -0.466. The van der Waals surface area contributed by atoms with Crippen LogP contribution in [0.5, 0.6) is 5.75 Å². The molecule has 38 heavy (non-hydrogen) atoms. The first-order valence-corrected chi connectivity index (χ1v) is 12.6. The van der Waals surface area contributed by atoms with Crippen molar-refractivity contribution in [1.82, 2.24) is 10.3 Å². The number of carbonyl (C=O) groups is 2. The predicted octanol–water partition coefficient (Wildman–Crippen LogP) is 4.68. The van der Waals surface area contributed by atoms with Gasteiger partial charge in [-0.2, -0.15) is 18.4 Å². The van der Waals surface area contributed by atoms with Crippen LogP contribution in [0.15, 0.2) is 48.5 Å². The van der Waals surface area contributed by atoms with E-state index in [1.165, 1.54) is 17.4 Å². The normalized spacial score (nSPS) is 14.7. The van der Waals surface area contributed by atoms with Gasteiger partial charge in [0, 0.05) is 28.7 Å². The second kappa shape index (κ2) is 12.1. The highest BCUT2D eigenvalue weighted by Gasteiger charge is 2.28. The lowest BCUT2D eigenvalue weighted by Gasteiger charge is -2.22. The van der Waals surface area contributed by atoms with Gasteiger partial charge in [-0.05, 0) is 61.7 Å². The molecule has 0 saturated heterocycles. The third-order valence-corrected chi connectivity index (χ3v) is 6.80. The van der Waals surface area contributed by atoms with E-state index in [1.807, 2.05) is 6.07 Å². The lowest BCUT2D eigenvalue weighted by atomic mass is 9.97. The number of ether oxygens (including phenoxy) is 1. The standard InChI is InChI=1S/C26H24F3N5O3S/c27-26(28,29)10-11-31-19-8-9-21-22(13-19)38-25(33-21)34-24(36)17-2-1-3-20(12-17)37-15-23(35)32-18-6-4-16(14-30)5-7-18/h1-7,12,19,31H,8-11,13,15H2,(H,32,35)(H,33,34,36)/t19-/m0/s1. The monoisotopic (exact) mass is 543 g/mol. The average molecular weight is 544 g/mol. The van der Waals surface area contributed by atoms with Crippen LogP contribution in [0.3, 0.4) is 0 Å². The molecule has 0 aliphatic heterocycles. The van der Waals surface area contributed by atoms with Gasteiger partial charge in [0.2, 0.25) is 0 Å². The molecule has 0 radical (unpaired) electrons. The first kappa shape index (κ1) is 27.1. The van der Waals surface area contributed by atoms with Crippen LogP contribution in [-0.2, 0) is 17.6 Å². The Labute approximate surface area is 220 Å². The van der Waals surface area contributed by atoms with Gasteiger partial charge in [0.1, 0.15) is 5.75 Å². The first-order chi connectivity index (χ1) is 18.2. The quantitative estimate of drug-likeness (QED) is 0.361. The van der Waals surface area contributed by atoms with E-state index in [-0.39, 0.29) is 19.2 Å². The summed E-state index contributed by atoms with van der Waals surface area (Å²) in [4.78, 5) is 30.4. The van der Waals surface area contributed by atoms with Gasteiger partial charge in [0.15, 0.2) is 11.7 Å². The van der Waals surface area contributed by atoms with Gasteiger partial charge in [-0.3, -0.25) is 14.9 Å². The molecule has 0 bridgehead atoms. The van der Waals surface area contributed by atoms with E-state index in [2.05, 4.69) is 20.9 Å². The number of nitriles is 1. The molecule has 198 valence electrons. The summed E-state index contributed by atoms with van der Waals surface area (Å²) < 4.78 is 42.7. The zero-order valence-electron chi connectivity index (χ0n) is 20.1. The third-order valence-electron chi connectivity index (χ3n) is 5.77. The van der Waals surface area contributed by atoms with Crippen molar-refractivity contribution in [2.75, 3.05) is 23.8 Å². The van der Waals surface area contributed by atoms with Crippen molar-refractivity contribution in [2.24, 2.45) is 0 Å². The number of nitrogens with one attached hydrogen (secondary N) is 3. The fraction of sp³-hybridized carbons (Fsp3) is 0.308. The van der Waals surface area contributed by atoms with E-state index >= 15 is 0 Å². The Hall–Kier alpha value is -3.95. The molecule has 2 amide bonds. The third kappa shape index (κ3) is 7.77. The van der Waals surface area contributed by atoms with Crippen molar-refractivity contribution < 1.29 is 27.5 Å². The summed E-state index contributed by atoms with van der Waals surface area (Å²) in [7, 11) is 0.